The van der Waals surface area contributed by atoms with Gasteiger partial charge in [-0.1, -0.05) is 24.3 Å². The summed E-state index contributed by atoms with van der Waals surface area (Å²) < 4.78 is 13.3. The van der Waals surface area contributed by atoms with E-state index in [1.54, 1.807) is 19.9 Å². The summed E-state index contributed by atoms with van der Waals surface area (Å²) in [6, 6.07) is 7.33. The Bertz CT molecular complexity index is 366. The van der Waals surface area contributed by atoms with E-state index in [-0.39, 0.29) is 6.42 Å². The van der Waals surface area contributed by atoms with Crippen LogP contribution in [0.3, 0.4) is 0 Å². The Morgan fingerprint density at radius 3 is 2.56 bits per heavy atom. The van der Waals surface area contributed by atoms with Gasteiger partial charge in [-0.2, -0.15) is 0 Å². The molecule has 16 heavy (non-hydrogen) atoms. The third-order valence-electron chi connectivity index (χ3n) is 2.35. The average molecular weight is 224 g/mol. The fraction of sp³-hybridized carbons (Fsp3) is 0.462. The molecule has 0 spiro atoms. The van der Waals surface area contributed by atoms with Crippen molar-refractivity contribution < 1.29 is 14.3 Å². The maximum absolute atomic E-state index is 13.3. The number of hydrogen-bond donors (Lipinski definition) is 1. The number of aryl methyl sites for hydroxylation is 1. The minimum Gasteiger partial charge on any atom is -0.481 e. The molecule has 0 radical (unpaired) electrons. The summed E-state index contributed by atoms with van der Waals surface area (Å²) in [5, 5.41) is 8.66. The Morgan fingerprint density at radius 1 is 1.38 bits per heavy atom. The maximum Gasteiger partial charge on any atom is 0.307 e. The van der Waals surface area contributed by atoms with Gasteiger partial charge in [0.05, 0.1) is 6.42 Å². The van der Waals surface area contributed by atoms with Gasteiger partial charge in [0.1, 0.15) is 5.67 Å². The number of carboxylic acids is 1. The van der Waals surface area contributed by atoms with Crippen molar-refractivity contribution >= 4 is 5.97 Å². The zero-order chi connectivity index (χ0) is 12.2. The van der Waals surface area contributed by atoms with Crippen molar-refractivity contribution in [2.24, 2.45) is 0 Å². The summed E-state index contributed by atoms with van der Waals surface area (Å²) in [6.45, 7) is 3.10. The second-order valence-electron chi connectivity index (χ2n) is 4.61. The molecule has 2 nitrogen and oxygen atoms in total. The number of benzene rings is 1. The molecule has 1 rings (SSSR count). The normalized spacial score (nSPS) is 11.4. The minimum atomic E-state index is -1.18. The number of carboxylic acid groups (broad SMARTS) is 1. The van der Waals surface area contributed by atoms with Crippen molar-refractivity contribution in [2.75, 3.05) is 0 Å². The monoisotopic (exact) mass is 224 g/mol. The van der Waals surface area contributed by atoms with Gasteiger partial charge in [0.25, 0.3) is 0 Å². The van der Waals surface area contributed by atoms with Gasteiger partial charge in [0.2, 0.25) is 0 Å². The van der Waals surface area contributed by atoms with Gasteiger partial charge in [-0.15, -0.1) is 0 Å². The predicted molar refractivity (Wildman–Crippen MR) is 61.3 cm³/mol. The highest BCUT2D eigenvalue weighted by molar-refractivity contribution is 5.70. The van der Waals surface area contributed by atoms with E-state index >= 15 is 0 Å². The zero-order valence-corrected chi connectivity index (χ0v) is 9.66. The molecule has 1 N–H and O–H groups in total. The molecule has 0 atom stereocenters. The van der Waals surface area contributed by atoms with Crippen LogP contribution >= 0.6 is 0 Å². The van der Waals surface area contributed by atoms with Gasteiger partial charge in [-0.25, -0.2) is 4.39 Å². The first kappa shape index (κ1) is 12.7. The number of carbonyl (C=O) groups is 1. The molecule has 0 saturated heterocycles. The largest absolute Gasteiger partial charge is 0.481 e. The molecule has 3 heteroatoms. The van der Waals surface area contributed by atoms with Crippen LogP contribution in [0.25, 0.3) is 0 Å². The molecule has 0 saturated carbocycles. The van der Waals surface area contributed by atoms with Crippen LogP contribution in [0.4, 0.5) is 4.39 Å². The lowest BCUT2D eigenvalue weighted by Crippen LogP contribution is -2.12. The Hall–Kier alpha value is -1.38. The predicted octanol–water partition coefficient (Wildman–Crippen LogP) is 2.99. The standard InChI is InChI=1S/C13H17FO2/c1-13(2,14)7-6-10-4-3-5-11(8-10)9-12(15)16/h3-5,8H,6-7,9H2,1-2H3,(H,15,16). The highest BCUT2D eigenvalue weighted by Crippen LogP contribution is 2.18. The van der Waals surface area contributed by atoms with Crippen LogP contribution < -0.4 is 0 Å². The summed E-state index contributed by atoms with van der Waals surface area (Å²) in [5.41, 5.74) is 0.578. The third-order valence-corrected chi connectivity index (χ3v) is 2.35. The lowest BCUT2D eigenvalue weighted by molar-refractivity contribution is -0.136. The van der Waals surface area contributed by atoms with Gasteiger partial charge in [0, 0.05) is 0 Å². The van der Waals surface area contributed by atoms with E-state index in [4.69, 9.17) is 5.11 Å². The molecule has 0 amide bonds. The van der Waals surface area contributed by atoms with Crippen molar-refractivity contribution in [2.45, 2.75) is 38.8 Å². The average Bonchev–Trinajstić information content (AvgIpc) is 2.13. The molecule has 0 bridgehead atoms. The van der Waals surface area contributed by atoms with E-state index in [0.29, 0.717) is 12.8 Å². The Balaban J connectivity index is 2.64. The quantitative estimate of drug-likeness (QED) is 0.834. The molecule has 0 aliphatic heterocycles. The molecule has 1 aromatic carbocycles. The van der Waals surface area contributed by atoms with Crippen LogP contribution in [0.5, 0.6) is 0 Å². The van der Waals surface area contributed by atoms with Crippen molar-refractivity contribution in [3.63, 3.8) is 0 Å². The van der Waals surface area contributed by atoms with Gasteiger partial charge in [-0.3, -0.25) is 4.79 Å². The maximum atomic E-state index is 13.3. The molecule has 0 heterocycles. The number of rotatable bonds is 5. The van der Waals surface area contributed by atoms with E-state index in [9.17, 15) is 9.18 Å². The van der Waals surface area contributed by atoms with Crippen molar-refractivity contribution in [3.05, 3.63) is 35.4 Å². The van der Waals surface area contributed by atoms with E-state index in [0.717, 1.165) is 11.1 Å². The van der Waals surface area contributed by atoms with E-state index in [1.807, 2.05) is 18.2 Å². The molecule has 1 aromatic rings. The van der Waals surface area contributed by atoms with Crippen LogP contribution in [-0.4, -0.2) is 16.7 Å². The third kappa shape index (κ3) is 4.91. The first-order valence-electron chi connectivity index (χ1n) is 5.35. The smallest absolute Gasteiger partial charge is 0.307 e. The zero-order valence-electron chi connectivity index (χ0n) is 9.66. The lowest BCUT2D eigenvalue weighted by Gasteiger charge is -2.13. The van der Waals surface area contributed by atoms with Gasteiger partial charge in [-0.05, 0) is 37.8 Å². The van der Waals surface area contributed by atoms with Crippen molar-refractivity contribution in [3.8, 4) is 0 Å². The van der Waals surface area contributed by atoms with Crippen molar-refractivity contribution in [1.82, 2.24) is 0 Å². The number of aliphatic carboxylic acids is 1. The van der Waals surface area contributed by atoms with Crippen LogP contribution in [0.1, 0.15) is 31.4 Å². The number of alkyl halides is 1. The molecule has 0 fully saturated rings. The van der Waals surface area contributed by atoms with Crippen LogP contribution in [0.15, 0.2) is 24.3 Å². The SMILES string of the molecule is CC(C)(F)CCc1cccc(CC(=O)O)c1. The molecule has 0 aromatic heterocycles. The molecular weight excluding hydrogens is 207 g/mol. The topological polar surface area (TPSA) is 37.3 Å². The minimum absolute atomic E-state index is 0.0207. The summed E-state index contributed by atoms with van der Waals surface area (Å²) >= 11 is 0. The van der Waals surface area contributed by atoms with Crippen molar-refractivity contribution in [1.29, 1.82) is 0 Å². The van der Waals surface area contributed by atoms with E-state index in [2.05, 4.69) is 0 Å². The molecule has 0 unspecified atom stereocenters. The summed E-state index contributed by atoms with van der Waals surface area (Å²) in [6.07, 6.45) is 1.10. The first-order valence-corrected chi connectivity index (χ1v) is 5.35. The highest BCUT2D eigenvalue weighted by atomic mass is 19.1. The molecule has 0 aliphatic rings. The fourth-order valence-corrected chi connectivity index (χ4v) is 1.51. The molecular formula is C13H17FO2. The van der Waals surface area contributed by atoms with Crippen LogP contribution in [-0.2, 0) is 17.6 Å². The second-order valence-corrected chi connectivity index (χ2v) is 4.61. The van der Waals surface area contributed by atoms with Gasteiger partial charge >= 0.3 is 5.97 Å². The van der Waals surface area contributed by atoms with E-state index < -0.39 is 11.6 Å². The van der Waals surface area contributed by atoms with Gasteiger partial charge in [0.15, 0.2) is 0 Å². The highest BCUT2D eigenvalue weighted by Gasteiger charge is 2.14. The summed E-state index contributed by atoms with van der Waals surface area (Å²) in [7, 11) is 0. The van der Waals surface area contributed by atoms with E-state index in [1.165, 1.54) is 0 Å². The lowest BCUT2D eigenvalue weighted by atomic mass is 9.98. The molecule has 0 aliphatic carbocycles. The number of halogens is 1. The second kappa shape index (κ2) is 5.10. The van der Waals surface area contributed by atoms with Crippen LogP contribution in [0, 0.1) is 0 Å². The Labute approximate surface area is 95.1 Å². The molecule has 88 valence electrons. The Kier molecular flexibility index (Phi) is 4.05. The van der Waals surface area contributed by atoms with Crippen LogP contribution in [0.2, 0.25) is 0 Å². The summed E-state index contributed by atoms with van der Waals surface area (Å²) in [5.74, 6) is -0.844. The number of hydrogen-bond acceptors (Lipinski definition) is 1. The van der Waals surface area contributed by atoms with Gasteiger partial charge < -0.3 is 5.11 Å². The fourth-order valence-electron chi connectivity index (χ4n) is 1.51. The summed E-state index contributed by atoms with van der Waals surface area (Å²) in [4.78, 5) is 10.5. The Morgan fingerprint density at radius 2 is 2.00 bits per heavy atom. The first-order chi connectivity index (χ1) is 7.37.